The van der Waals surface area contributed by atoms with Crippen LogP contribution in [0.5, 0.6) is 5.75 Å². The van der Waals surface area contributed by atoms with Crippen LogP contribution in [0.4, 0.5) is 8.78 Å². The summed E-state index contributed by atoms with van der Waals surface area (Å²) in [6, 6.07) is 1.52. The van der Waals surface area contributed by atoms with Gasteiger partial charge in [0.05, 0.1) is 0 Å². The summed E-state index contributed by atoms with van der Waals surface area (Å²) in [6.07, 6.45) is 0. The topological polar surface area (TPSA) is 69.4 Å². The molecule has 2 N–H and O–H groups in total. The van der Waals surface area contributed by atoms with Crippen LogP contribution in [0.25, 0.3) is 0 Å². The Labute approximate surface area is 83.5 Å². The Morgan fingerprint density at radius 3 is 2.43 bits per heavy atom. The van der Waals surface area contributed by atoms with Gasteiger partial charge >= 0.3 is 10.3 Å². The van der Waals surface area contributed by atoms with Crippen LogP contribution in [-0.2, 0) is 10.3 Å². The first-order valence-corrected chi connectivity index (χ1v) is 5.02. The van der Waals surface area contributed by atoms with Gasteiger partial charge < -0.3 is 4.18 Å². The molecule has 1 aromatic rings. The minimum Gasteiger partial charge on any atom is -0.368 e. The number of benzene rings is 1. The first kappa shape index (κ1) is 11.2. The first-order chi connectivity index (χ1) is 6.31. The second kappa shape index (κ2) is 3.68. The Morgan fingerprint density at radius 1 is 1.36 bits per heavy atom. The molecule has 0 saturated heterocycles. The van der Waals surface area contributed by atoms with E-state index in [1.807, 2.05) is 0 Å². The van der Waals surface area contributed by atoms with E-state index in [-0.39, 0.29) is 0 Å². The van der Waals surface area contributed by atoms with Crippen molar-refractivity contribution in [1.29, 1.82) is 0 Å². The molecule has 0 spiro atoms. The van der Waals surface area contributed by atoms with Crippen molar-refractivity contribution in [3.05, 3.63) is 28.8 Å². The van der Waals surface area contributed by atoms with Crippen LogP contribution in [0.2, 0.25) is 5.02 Å². The van der Waals surface area contributed by atoms with Gasteiger partial charge in [-0.15, -0.1) is 0 Å². The van der Waals surface area contributed by atoms with Crippen molar-refractivity contribution in [3.8, 4) is 5.75 Å². The van der Waals surface area contributed by atoms with Gasteiger partial charge in [0.25, 0.3) is 0 Å². The molecule has 1 aromatic carbocycles. The number of hydrogen-bond acceptors (Lipinski definition) is 3. The molecular weight excluding hydrogens is 240 g/mol. The quantitative estimate of drug-likeness (QED) is 0.794. The second-order valence-electron chi connectivity index (χ2n) is 2.25. The van der Waals surface area contributed by atoms with Crippen LogP contribution in [0.1, 0.15) is 0 Å². The van der Waals surface area contributed by atoms with Crippen molar-refractivity contribution < 1.29 is 21.4 Å². The Morgan fingerprint density at radius 2 is 1.93 bits per heavy atom. The Balaban J connectivity index is 3.19. The van der Waals surface area contributed by atoms with Crippen molar-refractivity contribution in [2.75, 3.05) is 0 Å². The fourth-order valence-electron chi connectivity index (χ4n) is 0.698. The van der Waals surface area contributed by atoms with Crippen LogP contribution in [0.3, 0.4) is 0 Å². The summed E-state index contributed by atoms with van der Waals surface area (Å²) in [5, 5.41) is 3.62. The highest BCUT2D eigenvalue weighted by molar-refractivity contribution is 7.84. The third kappa shape index (κ3) is 2.53. The van der Waals surface area contributed by atoms with Crippen LogP contribution in [-0.4, -0.2) is 8.42 Å². The molecule has 0 saturated carbocycles. The van der Waals surface area contributed by atoms with E-state index in [9.17, 15) is 17.2 Å². The average Bonchev–Trinajstić information content (AvgIpc) is 2.04. The molecule has 0 amide bonds. The summed E-state index contributed by atoms with van der Waals surface area (Å²) >= 11 is 5.15. The summed E-state index contributed by atoms with van der Waals surface area (Å²) in [4.78, 5) is 0. The van der Waals surface area contributed by atoms with Gasteiger partial charge in [0.2, 0.25) is 0 Å². The van der Waals surface area contributed by atoms with Gasteiger partial charge in [-0.05, 0) is 12.1 Å². The fraction of sp³-hybridized carbons (Fsp3) is 0. The lowest BCUT2D eigenvalue weighted by molar-refractivity contribution is 0.459. The molecule has 0 unspecified atom stereocenters. The average molecular weight is 244 g/mol. The lowest BCUT2D eigenvalue weighted by atomic mass is 10.3. The number of nitrogens with two attached hydrogens (primary N) is 1. The summed E-state index contributed by atoms with van der Waals surface area (Å²) in [7, 11) is -4.35. The minimum atomic E-state index is -4.35. The number of hydrogen-bond donors (Lipinski definition) is 1. The lowest BCUT2D eigenvalue weighted by Crippen LogP contribution is -2.19. The van der Waals surface area contributed by atoms with Crippen molar-refractivity contribution in [1.82, 2.24) is 0 Å². The van der Waals surface area contributed by atoms with Gasteiger partial charge in [-0.3, -0.25) is 0 Å². The molecule has 0 bridgehead atoms. The normalized spacial score (nSPS) is 11.4. The Bertz CT molecular complexity index is 462. The molecule has 0 radical (unpaired) electrons. The van der Waals surface area contributed by atoms with Gasteiger partial charge in [0.1, 0.15) is 10.8 Å². The van der Waals surface area contributed by atoms with E-state index in [2.05, 4.69) is 9.32 Å². The number of rotatable bonds is 2. The first-order valence-electron chi connectivity index (χ1n) is 3.17. The molecule has 0 aliphatic rings. The molecule has 0 fully saturated rings. The zero-order valence-corrected chi connectivity index (χ0v) is 8.07. The maximum absolute atomic E-state index is 13.0. The van der Waals surface area contributed by atoms with Gasteiger partial charge in [0, 0.05) is 0 Å². The molecular formula is C6H4ClF2NO3S. The molecule has 1 rings (SSSR count). The predicted molar refractivity (Wildman–Crippen MR) is 45.1 cm³/mol. The summed E-state index contributed by atoms with van der Waals surface area (Å²) in [6.45, 7) is 0. The van der Waals surface area contributed by atoms with Crippen molar-refractivity contribution in [3.63, 3.8) is 0 Å². The standard InChI is InChI=1S/C6H4ClF2NO3S/c7-5-3(8)1-2-4(6(5)9)13-14(10,11)12/h1-2H,(H2,10,11,12). The van der Waals surface area contributed by atoms with Crippen molar-refractivity contribution in [2.24, 2.45) is 5.14 Å². The van der Waals surface area contributed by atoms with Crippen molar-refractivity contribution in [2.45, 2.75) is 0 Å². The van der Waals surface area contributed by atoms with E-state index in [1.165, 1.54) is 0 Å². The van der Waals surface area contributed by atoms with Gasteiger partial charge in [0.15, 0.2) is 11.6 Å². The van der Waals surface area contributed by atoms with Gasteiger partial charge in [-0.1, -0.05) is 11.6 Å². The maximum Gasteiger partial charge on any atom is 0.380 e. The highest BCUT2D eigenvalue weighted by Crippen LogP contribution is 2.27. The van der Waals surface area contributed by atoms with E-state index in [4.69, 9.17) is 11.6 Å². The van der Waals surface area contributed by atoms with Crippen LogP contribution in [0, 0.1) is 11.6 Å². The van der Waals surface area contributed by atoms with E-state index >= 15 is 0 Å². The second-order valence-corrected chi connectivity index (χ2v) is 3.78. The third-order valence-corrected chi connectivity index (χ3v) is 1.96. The molecule has 0 aliphatic heterocycles. The number of halogens is 3. The molecule has 4 nitrogen and oxygen atoms in total. The van der Waals surface area contributed by atoms with Crippen LogP contribution in [0.15, 0.2) is 12.1 Å². The van der Waals surface area contributed by atoms with Crippen molar-refractivity contribution >= 4 is 21.9 Å². The van der Waals surface area contributed by atoms with E-state index in [0.29, 0.717) is 0 Å². The molecule has 78 valence electrons. The smallest absolute Gasteiger partial charge is 0.368 e. The minimum absolute atomic E-state index is 0.751. The molecule has 0 aliphatic carbocycles. The van der Waals surface area contributed by atoms with Gasteiger partial charge in [-0.2, -0.15) is 13.6 Å². The summed E-state index contributed by atoms with van der Waals surface area (Å²) < 4.78 is 50.4. The molecule has 8 heteroatoms. The monoisotopic (exact) mass is 243 g/mol. The Kier molecular flexibility index (Phi) is 2.93. The predicted octanol–water partition coefficient (Wildman–Crippen LogP) is 1.20. The fourth-order valence-corrected chi connectivity index (χ4v) is 1.23. The molecule has 0 atom stereocenters. The van der Waals surface area contributed by atoms with E-state index in [0.717, 1.165) is 12.1 Å². The van der Waals surface area contributed by atoms with Crippen LogP contribution >= 0.6 is 11.6 Å². The molecule has 0 heterocycles. The molecule has 14 heavy (non-hydrogen) atoms. The SMILES string of the molecule is NS(=O)(=O)Oc1ccc(F)c(Cl)c1F. The Hall–Kier alpha value is -0.920. The van der Waals surface area contributed by atoms with Gasteiger partial charge in [-0.25, -0.2) is 8.78 Å². The maximum atomic E-state index is 13.0. The molecule has 0 aromatic heterocycles. The van der Waals surface area contributed by atoms with Crippen LogP contribution < -0.4 is 9.32 Å². The highest BCUT2D eigenvalue weighted by Gasteiger charge is 2.16. The lowest BCUT2D eigenvalue weighted by Gasteiger charge is -2.04. The largest absolute Gasteiger partial charge is 0.380 e. The summed E-state index contributed by atoms with van der Waals surface area (Å²) in [5.41, 5.74) is 0. The summed E-state index contributed by atoms with van der Waals surface area (Å²) in [5.74, 6) is -3.09. The highest BCUT2D eigenvalue weighted by atomic mass is 35.5. The zero-order chi connectivity index (χ0) is 10.9. The van der Waals surface area contributed by atoms with E-state index < -0.39 is 32.7 Å². The zero-order valence-electron chi connectivity index (χ0n) is 6.50. The third-order valence-electron chi connectivity index (χ3n) is 1.21. The van der Waals surface area contributed by atoms with E-state index in [1.54, 1.807) is 0 Å².